The van der Waals surface area contributed by atoms with Gasteiger partial charge in [0.2, 0.25) is 5.91 Å². The number of piperidine rings is 1. The number of nitrogens with zero attached hydrogens (tertiary/aromatic N) is 4. The molecular weight excluding hydrogens is 360 g/mol. The van der Waals surface area contributed by atoms with Gasteiger partial charge in [0, 0.05) is 31.1 Å². The topological polar surface area (TPSA) is 58.6 Å². The molecule has 1 amide bonds. The number of fused-ring (bicyclic) bond motifs is 3. The van der Waals surface area contributed by atoms with Gasteiger partial charge in [0.25, 0.3) is 0 Å². The average Bonchev–Trinajstić information content (AvgIpc) is 3.28. The number of aromatic nitrogens is 2. The lowest BCUT2D eigenvalue weighted by Gasteiger charge is -2.37. The second-order valence-corrected chi connectivity index (χ2v) is 8.94. The Balaban J connectivity index is 1.45. The summed E-state index contributed by atoms with van der Waals surface area (Å²) >= 11 is 1.84. The Labute approximate surface area is 163 Å². The van der Waals surface area contributed by atoms with Gasteiger partial charge in [0.15, 0.2) is 0 Å². The first-order valence-corrected chi connectivity index (χ1v) is 10.9. The number of amides is 1. The molecule has 4 heterocycles. The Kier molecular flexibility index (Phi) is 4.52. The van der Waals surface area contributed by atoms with E-state index in [2.05, 4.69) is 4.90 Å². The van der Waals surface area contributed by atoms with Crippen molar-refractivity contribution in [2.45, 2.75) is 39.0 Å². The molecule has 2 aliphatic heterocycles. The van der Waals surface area contributed by atoms with Crippen molar-refractivity contribution in [2.75, 3.05) is 44.3 Å². The summed E-state index contributed by atoms with van der Waals surface area (Å²) in [5.41, 5.74) is 1.46. The minimum Gasteiger partial charge on any atom is -0.378 e. The molecule has 1 aliphatic carbocycles. The molecule has 0 radical (unpaired) electrons. The molecule has 1 atom stereocenters. The fraction of sp³-hybridized carbons (Fsp3) is 0.650. The fourth-order valence-electron chi connectivity index (χ4n) is 4.72. The molecule has 0 saturated carbocycles. The number of anilines is 1. The molecule has 2 aromatic rings. The zero-order chi connectivity index (χ0) is 18.4. The van der Waals surface area contributed by atoms with Crippen LogP contribution >= 0.6 is 11.3 Å². The van der Waals surface area contributed by atoms with E-state index in [4.69, 9.17) is 14.7 Å². The van der Waals surface area contributed by atoms with Crippen LogP contribution in [-0.2, 0) is 22.4 Å². The number of hydrogen-bond donors (Lipinski definition) is 0. The smallest absolute Gasteiger partial charge is 0.227 e. The number of ether oxygens (including phenoxy) is 1. The lowest BCUT2D eigenvalue weighted by Crippen LogP contribution is -2.48. The summed E-state index contributed by atoms with van der Waals surface area (Å²) < 4.78 is 5.40. The zero-order valence-corrected chi connectivity index (χ0v) is 16.7. The lowest BCUT2D eigenvalue weighted by molar-refractivity contribution is -0.139. The maximum absolute atomic E-state index is 13.0. The summed E-state index contributed by atoms with van der Waals surface area (Å²) in [5, 5.41) is 1.26. The van der Waals surface area contributed by atoms with Crippen molar-refractivity contribution in [3.05, 3.63) is 16.3 Å². The van der Waals surface area contributed by atoms with Crippen LogP contribution in [0.2, 0.25) is 0 Å². The standard InChI is InChI=1S/C20H26N4O2S/c1-13-21-18(17-15-5-2-6-16(15)27-19(17)22-13)24-7-3-4-14(12-24)20(25)23-8-10-26-11-9-23/h14H,2-12H2,1H3/t14-/m0/s1. The molecule has 6 nitrogen and oxygen atoms in total. The van der Waals surface area contributed by atoms with E-state index in [1.165, 1.54) is 28.7 Å². The van der Waals surface area contributed by atoms with Crippen molar-refractivity contribution in [1.29, 1.82) is 0 Å². The second kappa shape index (κ2) is 7.02. The Hall–Kier alpha value is -1.73. The summed E-state index contributed by atoms with van der Waals surface area (Å²) in [4.78, 5) is 29.5. The van der Waals surface area contributed by atoms with Crippen molar-refractivity contribution in [1.82, 2.24) is 14.9 Å². The van der Waals surface area contributed by atoms with Gasteiger partial charge in [-0.3, -0.25) is 4.79 Å². The van der Waals surface area contributed by atoms with E-state index in [1.54, 1.807) is 0 Å². The van der Waals surface area contributed by atoms with E-state index in [-0.39, 0.29) is 5.92 Å². The predicted molar refractivity (Wildman–Crippen MR) is 107 cm³/mol. The summed E-state index contributed by atoms with van der Waals surface area (Å²) in [6, 6.07) is 0. The fourth-order valence-corrected chi connectivity index (χ4v) is 6.02. The molecule has 7 heteroatoms. The molecule has 0 spiro atoms. The highest BCUT2D eigenvalue weighted by Gasteiger charge is 2.32. The molecule has 2 aromatic heterocycles. The van der Waals surface area contributed by atoms with Gasteiger partial charge in [-0.05, 0) is 44.6 Å². The molecule has 2 fully saturated rings. The molecule has 2 saturated heterocycles. The van der Waals surface area contributed by atoms with Gasteiger partial charge < -0.3 is 14.5 Å². The normalized spacial score (nSPS) is 23.1. The Bertz CT molecular complexity index is 874. The van der Waals surface area contributed by atoms with E-state index < -0.39 is 0 Å². The summed E-state index contributed by atoms with van der Waals surface area (Å²) in [7, 11) is 0. The van der Waals surface area contributed by atoms with Crippen LogP contribution in [0.4, 0.5) is 5.82 Å². The zero-order valence-electron chi connectivity index (χ0n) is 15.9. The quantitative estimate of drug-likeness (QED) is 0.794. The first-order valence-electron chi connectivity index (χ1n) is 10.1. The second-order valence-electron chi connectivity index (χ2n) is 7.85. The Morgan fingerprint density at radius 1 is 1.15 bits per heavy atom. The van der Waals surface area contributed by atoms with Gasteiger partial charge in [-0.2, -0.15) is 0 Å². The van der Waals surface area contributed by atoms with Crippen LogP contribution in [0.25, 0.3) is 10.2 Å². The van der Waals surface area contributed by atoms with Crippen molar-refractivity contribution in [3.8, 4) is 0 Å². The van der Waals surface area contributed by atoms with Gasteiger partial charge in [0.1, 0.15) is 16.5 Å². The molecular formula is C20H26N4O2S. The molecule has 0 aromatic carbocycles. The van der Waals surface area contributed by atoms with Gasteiger partial charge in [-0.25, -0.2) is 9.97 Å². The average molecular weight is 387 g/mol. The number of thiophene rings is 1. The monoisotopic (exact) mass is 386 g/mol. The highest BCUT2D eigenvalue weighted by atomic mass is 32.1. The highest BCUT2D eigenvalue weighted by Crippen LogP contribution is 2.41. The molecule has 0 bridgehead atoms. The van der Waals surface area contributed by atoms with Gasteiger partial charge in [0.05, 0.1) is 24.5 Å². The number of rotatable bonds is 2. The van der Waals surface area contributed by atoms with Gasteiger partial charge >= 0.3 is 0 Å². The van der Waals surface area contributed by atoms with Crippen molar-refractivity contribution in [3.63, 3.8) is 0 Å². The predicted octanol–water partition coefficient (Wildman–Crippen LogP) is 2.56. The molecule has 144 valence electrons. The molecule has 5 rings (SSSR count). The third-order valence-corrected chi connectivity index (χ3v) is 7.24. The summed E-state index contributed by atoms with van der Waals surface area (Å²) in [6.45, 7) is 6.50. The van der Waals surface area contributed by atoms with E-state index in [0.717, 1.165) is 61.9 Å². The van der Waals surface area contributed by atoms with E-state index in [0.29, 0.717) is 19.1 Å². The lowest BCUT2D eigenvalue weighted by atomic mass is 9.96. The van der Waals surface area contributed by atoms with Crippen LogP contribution in [0.3, 0.4) is 0 Å². The first kappa shape index (κ1) is 17.4. The van der Waals surface area contributed by atoms with Crippen LogP contribution < -0.4 is 4.90 Å². The largest absolute Gasteiger partial charge is 0.378 e. The molecule has 3 aliphatic rings. The maximum atomic E-state index is 13.0. The highest BCUT2D eigenvalue weighted by molar-refractivity contribution is 7.19. The number of morpholine rings is 1. The number of hydrogen-bond acceptors (Lipinski definition) is 6. The SMILES string of the molecule is Cc1nc(N2CCC[C@H](C(=O)N3CCOCC3)C2)c2c3c(sc2n1)CCC3. The van der Waals surface area contributed by atoms with E-state index in [1.807, 2.05) is 23.2 Å². The van der Waals surface area contributed by atoms with Crippen LogP contribution in [0, 0.1) is 12.8 Å². The number of carbonyl (C=O) groups excluding carboxylic acids is 1. The number of carbonyl (C=O) groups is 1. The third kappa shape index (κ3) is 3.10. The van der Waals surface area contributed by atoms with Crippen molar-refractivity contribution < 1.29 is 9.53 Å². The van der Waals surface area contributed by atoms with Crippen LogP contribution in [0.15, 0.2) is 0 Å². The molecule has 0 N–H and O–H groups in total. The first-order chi connectivity index (χ1) is 13.2. The summed E-state index contributed by atoms with van der Waals surface area (Å²) in [6.07, 6.45) is 5.56. The van der Waals surface area contributed by atoms with Gasteiger partial charge in [-0.15, -0.1) is 11.3 Å². The van der Waals surface area contributed by atoms with E-state index in [9.17, 15) is 4.79 Å². The minimum atomic E-state index is 0.0638. The van der Waals surface area contributed by atoms with Crippen LogP contribution in [-0.4, -0.2) is 60.2 Å². The van der Waals surface area contributed by atoms with Crippen LogP contribution in [0.5, 0.6) is 0 Å². The maximum Gasteiger partial charge on any atom is 0.227 e. The van der Waals surface area contributed by atoms with E-state index >= 15 is 0 Å². The minimum absolute atomic E-state index is 0.0638. The number of aryl methyl sites for hydroxylation is 3. The summed E-state index contributed by atoms with van der Waals surface area (Å²) in [5.74, 6) is 2.25. The Morgan fingerprint density at radius 2 is 2.00 bits per heavy atom. The molecule has 27 heavy (non-hydrogen) atoms. The third-order valence-electron chi connectivity index (χ3n) is 6.05. The van der Waals surface area contributed by atoms with Gasteiger partial charge in [-0.1, -0.05) is 0 Å². The Morgan fingerprint density at radius 3 is 2.85 bits per heavy atom. The van der Waals surface area contributed by atoms with Crippen LogP contribution in [0.1, 0.15) is 35.5 Å². The van der Waals surface area contributed by atoms with Crippen molar-refractivity contribution >= 4 is 33.3 Å². The molecule has 0 unspecified atom stereocenters. The van der Waals surface area contributed by atoms with Crippen molar-refractivity contribution in [2.24, 2.45) is 5.92 Å².